The maximum atomic E-state index is 12.1. The Bertz CT molecular complexity index is 788. The number of nitrogens with zero attached hydrogens (tertiary/aromatic N) is 2. The monoisotopic (exact) mass is 369 g/mol. The summed E-state index contributed by atoms with van der Waals surface area (Å²) < 4.78 is 5.64. The molecular formula is C20H23N3O4. The van der Waals surface area contributed by atoms with Gasteiger partial charge >= 0.3 is 0 Å². The first-order valence-corrected chi connectivity index (χ1v) is 8.91. The van der Waals surface area contributed by atoms with E-state index in [1.54, 1.807) is 42.5 Å². The van der Waals surface area contributed by atoms with Crippen molar-refractivity contribution in [2.45, 2.75) is 32.6 Å². The molecule has 1 N–H and O–H groups in total. The Morgan fingerprint density at radius 2 is 1.89 bits per heavy atom. The van der Waals surface area contributed by atoms with Crippen LogP contribution in [0.3, 0.4) is 0 Å². The van der Waals surface area contributed by atoms with E-state index in [-0.39, 0.29) is 5.69 Å². The van der Waals surface area contributed by atoms with Crippen LogP contribution in [0.5, 0.6) is 5.75 Å². The van der Waals surface area contributed by atoms with Crippen LogP contribution in [-0.2, 0) is 0 Å². The first-order chi connectivity index (χ1) is 13.1. The highest BCUT2D eigenvalue weighted by atomic mass is 16.6. The molecule has 0 aliphatic rings. The van der Waals surface area contributed by atoms with Gasteiger partial charge in [-0.05, 0) is 36.8 Å². The Labute approximate surface area is 158 Å². The van der Waals surface area contributed by atoms with E-state index >= 15 is 0 Å². The van der Waals surface area contributed by atoms with Crippen LogP contribution in [0.4, 0.5) is 5.69 Å². The summed E-state index contributed by atoms with van der Waals surface area (Å²) in [6, 6.07) is 12.9. The average molecular weight is 369 g/mol. The highest BCUT2D eigenvalue weighted by Crippen LogP contribution is 2.15. The summed E-state index contributed by atoms with van der Waals surface area (Å²) in [4.78, 5) is 22.5. The lowest BCUT2D eigenvalue weighted by atomic mass is 10.2. The molecule has 2 aromatic rings. The Morgan fingerprint density at radius 1 is 1.15 bits per heavy atom. The lowest BCUT2D eigenvalue weighted by molar-refractivity contribution is -0.385. The highest BCUT2D eigenvalue weighted by molar-refractivity contribution is 5.95. The van der Waals surface area contributed by atoms with Gasteiger partial charge in [0.05, 0.1) is 23.3 Å². The van der Waals surface area contributed by atoms with E-state index in [9.17, 15) is 14.9 Å². The summed E-state index contributed by atoms with van der Waals surface area (Å²) in [6.07, 6.45) is 5.80. The fourth-order valence-electron chi connectivity index (χ4n) is 2.41. The number of amides is 1. The van der Waals surface area contributed by atoms with Crippen LogP contribution in [0.2, 0.25) is 0 Å². The Hall–Kier alpha value is -3.22. The van der Waals surface area contributed by atoms with Crippen LogP contribution in [0, 0.1) is 10.1 Å². The summed E-state index contributed by atoms with van der Waals surface area (Å²) in [7, 11) is 0. The number of carbonyl (C=O) groups is 1. The highest BCUT2D eigenvalue weighted by Gasteiger charge is 2.10. The third-order valence-corrected chi connectivity index (χ3v) is 3.89. The lowest BCUT2D eigenvalue weighted by Gasteiger charge is -2.06. The van der Waals surface area contributed by atoms with E-state index in [1.165, 1.54) is 25.1 Å². The number of nitro benzene ring substituents is 1. The summed E-state index contributed by atoms with van der Waals surface area (Å²) in [6.45, 7) is 2.82. The number of hydrogen-bond donors (Lipinski definition) is 1. The van der Waals surface area contributed by atoms with Crippen LogP contribution in [0.15, 0.2) is 53.6 Å². The van der Waals surface area contributed by atoms with E-state index < -0.39 is 10.8 Å². The second-order valence-corrected chi connectivity index (χ2v) is 5.95. The maximum absolute atomic E-state index is 12.1. The summed E-state index contributed by atoms with van der Waals surface area (Å²) >= 11 is 0. The van der Waals surface area contributed by atoms with Crippen LogP contribution in [0.1, 0.15) is 48.5 Å². The van der Waals surface area contributed by atoms with Crippen molar-refractivity contribution >= 4 is 17.8 Å². The maximum Gasteiger partial charge on any atom is 0.278 e. The van der Waals surface area contributed by atoms with Gasteiger partial charge in [0.25, 0.3) is 11.6 Å². The van der Waals surface area contributed by atoms with E-state index in [4.69, 9.17) is 4.74 Å². The normalized spacial score (nSPS) is 10.7. The molecule has 0 saturated carbocycles. The average Bonchev–Trinajstić information content (AvgIpc) is 2.68. The molecule has 142 valence electrons. The fraction of sp³-hybridized carbons (Fsp3) is 0.300. The predicted octanol–water partition coefficient (Wildman–Crippen LogP) is 4.32. The zero-order valence-corrected chi connectivity index (χ0v) is 15.3. The number of nitrogens with one attached hydrogen (secondary N) is 1. The van der Waals surface area contributed by atoms with Crippen LogP contribution < -0.4 is 10.2 Å². The minimum atomic E-state index is -0.496. The van der Waals surface area contributed by atoms with E-state index in [2.05, 4.69) is 17.5 Å². The minimum Gasteiger partial charge on any atom is -0.494 e. The molecule has 0 fully saturated rings. The van der Waals surface area contributed by atoms with Crippen molar-refractivity contribution in [2.75, 3.05) is 6.61 Å². The molecule has 0 aliphatic carbocycles. The van der Waals surface area contributed by atoms with Gasteiger partial charge in [-0.2, -0.15) is 5.10 Å². The van der Waals surface area contributed by atoms with Crippen molar-refractivity contribution in [1.82, 2.24) is 5.43 Å². The van der Waals surface area contributed by atoms with Gasteiger partial charge in [-0.1, -0.05) is 38.3 Å². The van der Waals surface area contributed by atoms with Crippen LogP contribution in [0.25, 0.3) is 0 Å². The third kappa shape index (κ3) is 6.54. The number of carbonyl (C=O) groups excluding carboxylic acids is 1. The molecule has 7 nitrogen and oxygen atoms in total. The van der Waals surface area contributed by atoms with Crippen molar-refractivity contribution in [3.05, 3.63) is 69.8 Å². The number of nitro groups is 1. The Balaban J connectivity index is 1.86. The van der Waals surface area contributed by atoms with E-state index in [0.29, 0.717) is 23.5 Å². The minimum absolute atomic E-state index is 0.0732. The Morgan fingerprint density at radius 3 is 2.59 bits per heavy atom. The molecule has 0 unspecified atom stereocenters. The molecule has 1 amide bonds. The van der Waals surface area contributed by atoms with Gasteiger partial charge in [0.1, 0.15) is 5.75 Å². The van der Waals surface area contributed by atoms with Crippen molar-refractivity contribution in [1.29, 1.82) is 0 Å². The summed E-state index contributed by atoms with van der Waals surface area (Å²) in [5, 5.41) is 14.7. The second kappa shape index (κ2) is 10.7. The van der Waals surface area contributed by atoms with E-state index in [0.717, 1.165) is 12.8 Å². The van der Waals surface area contributed by atoms with Gasteiger partial charge < -0.3 is 4.74 Å². The smallest absolute Gasteiger partial charge is 0.278 e. The number of hydrogen-bond acceptors (Lipinski definition) is 5. The summed E-state index contributed by atoms with van der Waals surface area (Å²) in [5.41, 5.74) is 3.03. The number of para-hydroxylation sites is 1. The largest absolute Gasteiger partial charge is 0.494 e. The zero-order valence-electron chi connectivity index (χ0n) is 15.3. The lowest BCUT2D eigenvalue weighted by Crippen LogP contribution is -2.17. The van der Waals surface area contributed by atoms with Crippen molar-refractivity contribution < 1.29 is 14.5 Å². The molecule has 27 heavy (non-hydrogen) atoms. The Kier molecular flexibility index (Phi) is 7.96. The first kappa shape index (κ1) is 20.1. The molecule has 2 rings (SSSR count). The third-order valence-electron chi connectivity index (χ3n) is 3.89. The van der Waals surface area contributed by atoms with Gasteiger partial charge in [0.2, 0.25) is 0 Å². The number of ether oxygens (including phenoxy) is 1. The molecular weight excluding hydrogens is 346 g/mol. The second-order valence-electron chi connectivity index (χ2n) is 5.95. The molecule has 0 radical (unpaired) electrons. The molecule has 0 aromatic heterocycles. The number of rotatable bonds is 10. The van der Waals surface area contributed by atoms with E-state index in [1.807, 2.05) is 0 Å². The van der Waals surface area contributed by atoms with Gasteiger partial charge in [0.15, 0.2) is 0 Å². The predicted molar refractivity (Wildman–Crippen MR) is 104 cm³/mol. The standard InChI is InChI=1S/C20H23N3O4/c1-2-3-4-7-14-27-18-12-10-16(11-13-18)20(24)22-21-15-17-8-5-6-9-19(17)23(25)26/h5-6,8-13,15H,2-4,7,14H2,1H3,(H,22,24)/b21-15+. The van der Waals surface area contributed by atoms with Gasteiger partial charge in [-0.3, -0.25) is 14.9 Å². The molecule has 0 spiro atoms. The van der Waals surface area contributed by atoms with Gasteiger partial charge in [-0.15, -0.1) is 0 Å². The number of unbranched alkanes of at least 4 members (excludes halogenated alkanes) is 3. The molecule has 0 bridgehead atoms. The molecule has 0 heterocycles. The molecule has 0 aliphatic heterocycles. The molecule has 2 aromatic carbocycles. The van der Waals surface area contributed by atoms with Crippen molar-refractivity contribution in [3.63, 3.8) is 0 Å². The quantitative estimate of drug-likeness (QED) is 0.292. The fourth-order valence-corrected chi connectivity index (χ4v) is 2.41. The van der Waals surface area contributed by atoms with Gasteiger partial charge in [0, 0.05) is 11.6 Å². The van der Waals surface area contributed by atoms with Crippen LogP contribution >= 0.6 is 0 Å². The number of benzene rings is 2. The number of hydrazone groups is 1. The summed E-state index contributed by atoms with van der Waals surface area (Å²) in [5.74, 6) is 0.311. The molecule has 0 atom stereocenters. The van der Waals surface area contributed by atoms with Crippen molar-refractivity contribution in [2.24, 2.45) is 5.10 Å². The molecule has 7 heteroatoms. The molecule has 0 saturated heterocycles. The first-order valence-electron chi connectivity index (χ1n) is 8.91. The zero-order chi connectivity index (χ0) is 19.5. The van der Waals surface area contributed by atoms with Gasteiger partial charge in [-0.25, -0.2) is 5.43 Å². The SMILES string of the molecule is CCCCCCOc1ccc(C(=O)N/N=C/c2ccccc2[N+](=O)[O-])cc1. The van der Waals surface area contributed by atoms with Crippen molar-refractivity contribution in [3.8, 4) is 5.75 Å². The van der Waals surface area contributed by atoms with Crippen LogP contribution in [-0.4, -0.2) is 23.7 Å². The topological polar surface area (TPSA) is 93.8 Å².